The van der Waals surface area contributed by atoms with Crippen LogP contribution in [-0.4, -0.2) is 13.2 Å². The Kier molecular flexibility index (Phi) is 4.15. The molecule has 1 saturated carbocycles. The van der Waals surface area contributed by atoms with E-state index in [0.717, 1.165) is 13.2 Å². The fraction of sp³-hybridized carbons (Fsp3) is 0.625. The minimum Gasteiger partial charge on any atom is -0.501 e. The van der Waals surface area contributed by atoms with Crippen LogP contribution in [0.5, 0.6) is 0 Å². The topological polar surface area (TPSA) is 18.5 Å². The lowest BCUT2D eigenvalue weighted by molar-refractivity contribution is -0.0126. The maximum atomic E-state index is 5.71. The van der Waals surface area contributed by atoms with Crippen molar-refractivity contribution in [3.8, 4) is 0 Å². The summed E-state index contributed by atoms with van der Waals surface area (Å²) in [6.45, 7) is 7.80. The lowest BCUT2D eigenvalue weighted by atomic mass is 9.70. The Morgan fingerprint density at radius 3 is 2.17 bits per heavy atom. The average Bonchev–Trinajstić information content (AvgIpc) is 2.94. The maximum Gasteiger partial charge on any atom is 0.0970 e. The molecular weight excluding hydrogens is 224 g/mol. The number of fused-ring (bicyclic) bond motifs is 2. The van der Waals surface area contributed by atoms with Crippen molar-refractivity contribution < 1.29 is 9.47 Å². The number of allylic oxidation sites excluding steroid dienone is 4. The first-order valence-electron chi connectivity index (χ1n) is 6.88. The zero-order valence-electron chi connectivity index (χ0n) is 11.6. The summed E-state index contributed by atoms with van der Waals surface area (Å²) in [5, 5.41) is 0. The first-order chi connectivity index (χ1) is 8.74. The van der Waals surface area contributed by atoms with E-state index in [0.29, 0.717) is 17.8 Å². The molecule has 0 spiro atoms. The van der Waals surface area contributed by atoms with Gasteiger partial charge in [-0.15, -0.1) is 0 Å². The lowest BCUT2D eigenvalue weighted by Gasteiger charge is -2.39. The van der Waals surface area contributed by atoms with E-state index < -0.39 is 0 Å². The summed E-state index contributed by atoms with van der Waals surface area (Å²) >= 11 is 0. The highest BCUT2D eigenvalue weighted by Crippen LogP contribution is 2.56. The second-order valence-electron chi connectivity index (χ2n) is 5.47. The molecule has 0 aromatic carbocycles. The zero-order valence-corrected chi connectivity index (χ0v) is 11.6. The van der Waals surface area contributed by atoms with E-state index in [4.69, 9.17) is 9.47 Å². The molecule has 2 heteroatoms. The van der Waals surface area contributed by atoms with Crippen LogP contribution in [0.25, 0.3) is 0 Å². The predicted octanol–water partition coefficient (Wildman–Crippen LogP) is 3.92. The van der Waals surface area contributed by atoms with Gasteiger partial charge >= 0.3 is 0 Å². The molecule has 2 rings (SSSR count). The van der Waals surface area contributed by atoms with Crippen molar-refractivity contribution in [2.75, 3.05) is 13.2 Å². The van der Waals surface area contributed by atoms with Crippen LogP contribution in [0.3, 0.4) is 0 Å². The second kappa shape index (κ2) is 5.64. The SMILES string of the molecule is CC=COCC1(COC=CC)C2C=CC(C2)C1C. The van der Waals surface area contributed by atoms with Crippen LogP contribution in [0.4, 0.5) is 0 Å². The third-order valence-corrected chi connectivity index (χ3v) is 4.57. The molecule has 0 saturated heterocycles. The van der Waals surface area contributed by atoms with Crippen molar-refractivity contribution in [3.05, 3.63) is 36.8 Å². The Bertz CT molecular complexity index is 338. The van der Waals surface area contributed by atoms with E-state index in [2.05, 4.69) is 19.1 Å². The summed E-state index contributed by atoms with van der Waals surface area (Å²) in [5.74, 6) is 1.94. The van der Waals surface area contributed by atoms with Gasteiger partial charge in [0, 0.05) is 5.41 Å². The Morgan fingerprint density at radius 2 is 1.72 bits per heavy atom. The second-order valence-corrected chi connectivity index (χ2v) is 5.47. The van der Waals surface area contributed by atoms with Crippen LogP contribution < -0.4 is 0 Å². The highest BCUT2D eigenvalue weighted by molar-refractivity contribution is 5.18. The van der Waals surface area contributed by atoms with Crippen molar-refractivity contribution in [3.63, 3.8) is 0 Å². The molecule has 2 aliphatic carbocycles. The molecule has 2 bridgehead atoms. The van der Waals surface area contributed by atoms with Gasteiger partial charge in [0.05, 0.1) is 25.7 Å². The van der Waals surface area contributed by atoms with Crippen LogP contribution in [0.2, 0.25) is 0 Å². The van der Waals surface area contributed by atoms with E-state index >= 15 is 0 Å². The molecule has 0 amide bonds. The van der Waals surface area contributed by atoms with Gasteiger partial charge in [-0.2, -0.15) is 0 Å². The highest BCUT2D eigenvalue weighted by atomic mass is 16.5. The van der Waals surface area contributed by atoms with Gasteiger partial charge in [0.1, 0.15) is 0 Å². The molecule has 0 radical (unpaired) electrons. The van der Waals surface area contributed by atoms with Gasteiger partial charge < -0.3 is 9.47 Å². The predicted molar refractivity (Wildman–Crippen MR) is 73.9 cm³/mol. The molecule has 1 fully saturated rings. The smallest absolute Gasteiger partial charge is 0.0970 e. The van der Waals surface area contributed by atoms with Gasteiger partial charge in [0.15, 0.2) is 0 Å². The molecule has 100 valence electrons. The lowest BCUT2D eigenvalue weighted by Crippen LogP contribution is -2.41. The van der Waals surface area contributed by atoms with Gasteiger partial charge in [-0.05, 0) is 38.0 Å². The van der Waals surface area contributed by atoms with Gasteiger partial charge in [-0.25, -0.2) is 0 Å². The van der Waals surface area contributed by atoms with Crippen molar-refractivity contribution in [2.45, 2.75) is 27.2 Å². The van der Waals surface area contributed by atoms with E-state index in [1.165, 1.54) is 6.42 Å². The molecule has 3 atom stereocenters. The first-order valence-corrected chi connectivity index (χ1v) is 6.88. The number of rotatable bonds is 6. The quantitative estimate of drug-likeness (QED) is 0.524. The Balaban J connectivity index is 2.09. The van der Waals surface area contributed by atoms with Crippen molar-refractivity contribution in [1.82, 2.24) is 0 Å². The normalized spacial score (nSPS) is 38.1. The number of ether oxygens (including phenoxy) is 2. The van der Waals surface area contributed by atoms with Gasteiger partial charge in [-0.1, -0.05) is 31.2 Å². The van der Waals surface area contributed by atoms with Gasteiger partial charge in [0.25, 0.3) is 0 Å². The Hall–Kier alpha value is -1.18. The first kappa shape index (κ1) is 13.3. The van der Waals surface area contributed by atoms with E-state index in [-0.39, 0.29) is 5.41 Å². The molecule has 2 nitrogen and oxygen atoms in total. The van der Waals surface area contributed by atoms with Gasteiger partial charge in [-0.3, -0.25) is 0 Å². The van der Waals surface area contributed by atoms with Crippen molar-refractivity contribution >= 4 is 0 Å². The van der Waals surface area contributed by atoms with E-state index in [9.17, 15) is 0 Å². The largest absolute Gasteiger partial charge is 0.501 e. The minimum absolute atomic E-state index is 0.137. The van der Waals surface area contributed by atoms with E-state index in [1.807, 2.05) is 26.0 Å². The molecular formula is C16H24O2. The van der Waals surface area contributed by atoms with Crippen molar-refractivity contribution in [1.29, 1.82) is 0 Å². The van der Waals surface area contributed by atoms with Crippen molar-refractivity contribution in [2.24, 2.45) is 23.2 Å². The monoisotopic (exact) mass is 248 g/mol. The molecule has 0 heterocycles. The number of hydrogen-bond acceptors (Lipinski definition) is 2. The summed E-state index contributed by atoms with van der Waals surface area (Å²) in [7, 11) is 0. The van der Waals surface area contributed by atoms with E-state index in [1.54, 1.807) is 12.5 Å². The molecule has 0 aliphatic heterocycles. The standard InChI is InChI=1S/C16H24O2/c1-4-8-17-11-16(12-18-9-5-2)13(3)14-6-7-15(16)10-14/h4-9,13-15H,10-12H2,1-3H3. The molecule has 18 heavy (non-hydrogen) atoms. The summed E-state index contributed by atoms with van der Waals surface area (Å²) in [5.41, 5.74) is 0.137. The maximum absolute atomic E-state index is 5.71. The Morgan fingerprint density at radius 1 is 1.11 bits per heavy atom. The third kappa shape index (κ3) is 2.21. The van der Waals surface area contributed by atoms with Crippen LogP contribution in [0.1, 0.15) is 27.2 Å². The van der Waals surface area contributed by atoms with Crippen LogP contribution in [-0.2, 0) is 9.47 Å². The molecule has 0 aromatic rings. The molecule has 0 aromatic heterocycles. The number of hydrogen-bond donors (Lipinski definition) is 0. The Labute approximate surface area is 110 Å². The summed E-state index contributed by atoms with van der Waals surface area (Å²) in [6, 6.07) is 0. The molecule has 3 unspecified atom stereocenters. The fourth-order valence-electron chi connectivity index (χ4n) is 3.41. The molecule has 0 N–H and O–H groups in total. The summed E-state index contributed by atoms with van der Waals surface area (Å²) < 4.78 is 11.4. The zero-order chi connectivity index (χ0) is 13.0. The third-order valence-electron chi connectivity index (χ3n) is 4.57. The summed E-state index contributed by atoms with van der Waals surface area (Å²) in [6.07, 6.45) is 13.5. The minimum atomic E-state index is 0.137. The van der Waals surface area contributed by atoms with Crippen LogP contribution in [0, 0.1) is 23.2 Å². The van der Waals surface area contributed by atoms with Crippen LogP contribution in [0.15, 0.2) is 36.8 Å². The van der Waals surface area contributed by atoms with Gasteiger partial charge in [0.2, 0.25) is 0 Å². The molecule has 2 aliphatic rings. The average molecular weight is 248 g/mol. The fourth-order valence-corrected chi connectivity index (χ4v) is 3.41. The summed E-state index contributed by atoms with van der Waals surface area (Å²) in [4.78, 5) is 0. The van der Waals surface area contributed by atoms with Crippen LogP contribution >= 0.6 is 0 Å². The highest BCUT2D eigenvalue weighted by Gasteiger charge is 2.54.